The smallest absolute Gasteiger partial charge is 0.298 e. The molecule has 2 aromatic carbocycles. The van der Waals surface area contributed by atoms with E-state index in [1.54, 1.807) is 6.07 Å². The molecule has 144 valence electrons. The van der Waals surface area contributed by atoms with Gasteiger partial charge in [0.25, 0.3) is 5.91 Å². The number of nitrogens with one attached hydrogen (secondary N) is 1. The van der Waals surface area contributed by atoms with Crippen molar-refractivity contribution in [2.24, 2.45) is 0 Å². The molecule has 0 bridgehead atoms. The summed E-state index contributed by atoms with van der Waals surface area (Å²) < 4.78 is 39.9. The number of hydrogen-bond acceptors (Lipinski definition) is 5. The number of aromatic nitrogens is 1. The second-order valence-corrected chi connectivity index (χ2v) is 7.05. The van der Waals surface area contributed by atoms with Crippen LogP contribution in [0.2, 0.25) is 0 Å². The molecule has 3 rings (SSSR count). The maximum Gasteiger partial charge on any atom is 0.416 e. The molecule has 9 heteroatoms. The highest BCUT2D eigenvalue weighted by atomic mass is 32.1. The molecule has 1 heterocycles. The summed E-state index contributed by atoms with van der Waals surface area (Å²) in [5.41, 5.74) is -0.174. The van der Waals surface area contributed by atoms with Crippen LogP contribution in [0, 0.1) is 22.7 Å². The molecule has 3 aromatic rings. The van der Waals surface area contributed by atoms with Crippen LogP contribution in [0.25, 0.3) is 0 Å². The minimum atomic E-state index is -4.58. The van der Waals surface area contributed by atoms with Gasteiger partial charge in [0, 0.05) is 23.1 Å². The van der Waals surface area contributed by atoms with Gasteiger partial charge in [0.15, 0.2) is 5.13 Å². The summed E-state index contributed by atoms with van der Waals surface area (Å²) in [6.45, 7) is 0. The van der Waals surface area contributed by atoms with Crippen LogP contribution in [0.1, 0.15) is 37.5 Å². The predicted molar refractivity (Wildman–Crippen MR) is 100 cm³/mol. The van der Waals surface area contributed by atoms with Crippen LogP contribution in [-0.2, 0) is 12.6 Å². The zero-order valence-corrected chi connectivity index (χ0v) is 15.4. The molecule has 0 unspecified atom stereocenters. The minimum Gasteiger partial charge on any atom is -0.298 e. The predicted octanol–water partition coefficient (Wildman–Crippen LogP) is 4.75. The van der Waals surface area contributed by atoms with Gasteiger partial charge in [0.05, 0.1) is 28.8 Å². The van der Waals surface area contributed by atoms with E-state index in [9.17, 15) is 18.0 Å². The number of thiazole rings is 1. The van der Waals surface area contributed by atoms with Crippen molar-refractivity contribution >= 4 is 22.4 Å². The average molecular weight is 412 g/mol. The molecule has 0 aliphatic heterocycles. The molecule has 5 nitrogen and oxygen atoms in total. The molecule has 0 saturated heterocycles. The van der Waals surface area contributed by atoms with Crippen molar-refractivity contribution in [3.8, 4) is 12.1 Å². The van der Waals surface area contributed by atoms with Gasteiger partial charge in [-0.15, -0.1) is 11.3 Å². The van der Waals surface area contributed by atoms with Crippen LogP contribution in [0.4, 0.5) is 18.3 Å². The van der Waals surface area contributed by atoms with E-state index in [0.717, 1.165) is 17.4 Å². The van der Waals surface area contributed by atoms with Gasteiger partial charge in [-0.2, -0.15) is 23.7 Å². The number of carbonyl (C=O) groups excluding carboxylic acids is 1. The van der Waals surface area contributed by atoms with E-state index in [-0.39, 0.29) is 22.7 Å². The van der Waals surface area contributed by atoms with Crippen molar-refractivity contribution < 1.29 is 18.0 Å². The third-order valence-corrected chi connectivity index (χ3v) is 4.87. The van der Waals surface area contributed by atoms with Crippen LogP contribution in [0.5, 0.6) is 0 Å². The van der Waals surface area contributed by atoms with Crippen LogP contribution in [0.3, 0.4) is 0 Å². The molecule has 0 fully saturated rings. The monoisotopic (exact) mass is 412 g/mol. The summed E-state index contributed by atoms with van der Waals surface area (Å²) in [5.74, 6) is -0.440. The number of amides is 1. The van der Waals surface area contributed by atoms with Gasteiger partial charge in [-0.3, -0.25) is 10.1 Å². The number of anilines is 1. The lowest BCUT2D eigenvalue weighted by Crippen LogP contribution is -2.11. The molecule has 0 atom stereocenters. The van der Waals surface area contributed by atoms with E-state index in [1.807, 2.05) is 6.07 Å². The van der Waals surface area contributed by atoms with Crippen molar-refractivity contribution in [1.82, 2.24) is 4.98 Å². The Morgan fingerprint density at radius 3 is 2.34 bits per heavy atom. The third kappa shape index (κ3) is 4.78. The van der Waals surface area contributed by atoms with Gasteiger partial charge in [-0.1, -0.05) is 6.07 Å². The first-order chi connectivity index (χ1) is 13.8. The molecule has 0 aliphatic carbocycles. The van der Waals surface area contributed by atoms with Crippen LogP contribution >= 0.6 is 11.3 Å². The lowest BCUT2D eigenvalue weighted by molar-refractivity contribution is -0.138. The van der Waals surface area contributed by atoms with E-state index in [1.165, 1.54) is 42.6 Å². The highest BCUT2D eigenvalue weighted by Gasteiger charge is 2.33. The largest absolute Gasteiger partial charge is 0.416 e. The van der Waals surface area contributed by atoms with Crippen LogP contribution in [0.15, 0.2) is 48.7 Å². The quantitative estimate of drug-likeness (QED) is 0.670. The number of nitrogens with zero attached hydrogens (tertiary/aromatic N) is 3. The van der Waals surface area contributed by atoms with Gasteiger partial charge < -0.3 is 0 Å². The second kappa shape index (κ2) is 8.13. The third-order valence-electron chi connectivity index (χ3n) is 3.96. The lowest BCUT2D eigenvalue weighted by Gasteiger charge is -2.12. The number of alkyl halides is 3. The molecule has 1 N–H and O–H groups in total. The van der Waals surface area contributed by atoms with Gasteiger partial charge in [0.1, 0.15) is 0 Å². The Morgan fingerprint density at radius 2 is 1.72 bits per heavy atom. The van der Waals surface area contributed by atoms with E-state index >= 15 is 0 Å². The number of halogens is 3. The Morgan fingerprint density at radius 1 is 1.07 bits per heavy atom. The van der Waals surface area contributed by atoms with Gasteiger partial charge in [-0.05, 0) is 42.0 Å². The summed E-state index contributed by atoms with van der Waals surface area (Å²) >= 11 is 1.06. The number of rotatable bonds is 4. The highest BCUT2D eigenvalue weighted by Crippen LogP contribution is 2.34. The summed E-state index contributed by atoms with van der Waals surface area (Å²) in [6.07, 6.45) is -3.22. The number of hydrogen-bond donors (Lipinski definition) is 1. The van der Waals surface area contributed by atoms with Crippen molar-refractivity contribution in [2.45, 2.75) is 12.6 Å². The van der Waals surface area contributed by atoms with Crippen LogP contribution in [-0.4, -0.2) is 10.9 Å². The zero-order chi connectivity index (χ0) is 21.0. The molecular weight excluding hydrogens is 401 g/mol. The molecule has 1 aromatic heterocycles. The molecule has 1 amide bonds. The van der Waals surface area contributed by atoms with Crippen LogP contribution < -0.4 is 5.32 Å². The second-order valence-electron chi connectivity index (χ2n) is 5.93. The standard InChI is InChI=1S/C20H11F3N4OS/c21-20(22,23)17-7-13(10-25)3-6-15(17)8-16-11-26-19(29-16)27-18(28)14-4-1-12(9-24)2-5-14/h1-7,11H,8H2,(H,26,27,28). The SMILES string of the molecule is N#Cc1ccc(C(=O)Nc2ncc(Cc3ccc(C#N)cc3C(F)(F)F)s2)cc1. The van der Waals surface area contributed by atoms with E-state index in [0.29, 0.717) is 16.0 Å². The fourth-order valence-corrected chi connectivity index (χ4v) is 3.39. The first-order valence-corrected chi connectivity index (χ1v) is 8.98. The van der Waals surface area contributed by atoms with E-state index < -0.39 is 17.6 Å². The number of benzene rings is 2. The molecule has 0 radical (unpaired) electrons. The van der Waals surface area contributed by atoms with Gasteiger partial charge in [-0.25, -0.2) is 4.98 Å². The zero-order valence-electron chi connectivity index (χ0n) is 14.6. The first-order valence-electron chi connectivity index (χ1n) is 8.16. The minimum absolute atomic E-state index is 0.0186. The average Bonchev–Trinajstić information content (AvgIpc) is 3.14. The summed E-state index contributed by atoms with van der Waals surface area (Å²) in [5, 5.41) is 20.4. The summed E-state index contributed by atoms with van der Waals surface area (Å²) in [4.78, 5) is 16.8. The lowest BCUT2D eigenvalue weighted by atomic mass is 10.0. The molecule has 0 aliphatic rings. The Labute approximate surface area is 167 Å². The Hall–Kier alpha value is -3.69. The number of carbonyl (C=O) groups is 1. The van der Waals surface area contributed by atoms with Crippen molar-refractivity contribution in [2.75, 3.05) is 5.32 Å². The maximum atomic E-state index is 13.3. The highest BCUT2D eigenvalue weighted by molar-refractivity contribution is 7.15. The van der Waals surface area contributed by atoms with E-state index in [4.69, 9.17) is 10.5 Å². The Bertz CT molecular complexity index is 1140. The maximum absolute atomic E-state index is 13.3. The fourth-order valence-electron chi connectivity index (χ4n) is 2.56. The van der Waals surface area contributed by atoms with Crippen molar-refractivity contribution in [3.05, 3.63) is 81.4 Å². The molecule has 29 heavy (non-hydrogen) atoms. The number of nitriles is 2. The normalized spacial score (nSPS) is 10.8. The van der Waals surface area contributed by atoms with Gasteiger partial charge >= 0.3 is 6.18 Å². The molecule has 0 saturated carbocycles. The Kier molecular flexibility index (Phi) is 5.62. The topological polar surface area (TPSA) is 89.6 Å². The van der Waals surface area contributed by atoms with Gasteiger partial charge in [0.2, 0.25) is 0 Å². The van der Waals surface area contributed by atoms with Crippen molar-refractivity contribution in [3.63, 3.8) is 0 Å². The first kappa shape index (κ1) is 20.1. The molecular formula is C20H11F3N4OS. The molecule has 0 spiro atoms. The fraction of sp³-hybridized carbons (Fsp3) is 0.100. The van der Waals surface area contributed by atoms with E-state index in [2.05, 4.69) is 10.3 Å². The summed E-state index contributed by atoms with van der Waals surface area (Å²) in [7, 11) is 0. The Balaban J connectivity index is 1.76. The summed E-state index contributed by atoms with van der Waals surface area (Å²) in [6, 6.07) is 13.1. The van der Waals surface area contributed by atoms with Crippen molar-refractivity contribution in [1.29, 1.82) is 10.5 Å².